The van der Waals surface area contributed by atoms with Crippen molar-refractivity contribution in [2.45, 2.75) is 51.4 Å². The maximum Gasteiger partial charge on any atom is 0.0412 e. The van der Waals surface area contributed by atoms with E-state index >= 15 is 0 Å². The fourth-order valence-electron chi connectivity index (χ4n) is 4.38. The molecule has 0 bridgehead atoms. The predicted octanol–water partition coefficient (Wildman–Crippen LogP) is 8.02. The fourth-order valence-corrected chi connectivity index (χ4v) is 4.55. The largest absolute Gasteiger partial charge is 0.0843 e. The highest BCUT2D eigenvalue weighted by Crippen LogP contribution is 2.47. The van der Waals surface area contributed by atoms with E-state index in [1.54, 1.807) is 0 Å². The van der Waals surface area contributed by atoms with Gasteiger partial charge >= 0.3 is 0 Å². The van der Waals surface area contributed by atoms with Gasteiger partial charge in [0.1, 0.15) is 0 Å². The zero-order valence-corrected chi connectivity index (χ0v) is 17.4. The second-order valence-electron chi connectivity index (χ2n) is 9.08. The van der Waals surface area contributed by atoms with Crippen LogP contribution < -0.4 is 0 Å². The minimum atomic E-state index is 0.209. The zero-order valence-electron chi connectivity index (χ0n) is 16.6. The Morgan fingerprint density at radius 1 is 0.630 bits per heavy atom. The smallest absolute Gasteiger partial charge is 0.0412 e. The first-order valence-electron chi connectivity index (χ1n) is 9.78. The highest BCUT2D eigenvalue weighted by Gasteiger charge is 2.37. The summed E-state index contributed by atoms with van der Waals surface area (Å²) in [6, 6.07) is 23.8. The number of hydrogen-bond acceptors (Lipinski definition) is 0. The van der Waals surface area contributed by atoms with Crippen LogP contribution in [0.2, 0.25) is 5.02 Å². The first kappa shape index (κ1) is 18.3. The summed E-state index contributed by atoms with van der Waals surface area (Å²) in [4.78, 5) is 0. The van der Waals surface area contributed by atoms with E-state index in [1.165, 1.54) is 46.2 Å². The molecular formula is C26H27Cl. The van der Waals surface area contributed by atoms with Crippen LogP contribution in [0.15, 0.2) is 66.7 Å². The van der Waals surface area contributed by atoms with Crippen LogP contribution in [-0.4, -0.2) is 0 Å². The second kappa shape index (κ2) is 6.53. The molecule has 0 heterocycles. The topological polar surface area (TPSA) is 0 Å². The molecule has 0 saturated heterocycles. The van der Waals surface area contributed by atoms with Gasteiger partial charge in [0.2, 0.25) is 0 Å². The maximum absolute atomic E-state index is 6.35. The fraction of sp³-hybridized carbons (Fsp3) is 0.308. The summed E-state index contributed by atoms with van der Waals surface area (Å²) >= 11 is 6.35. The molecule has 0 radical (unpaired) electrons. The number of benzene rings is 3. The number of hydrogen-bond donors (Lipinski definition) is 0. The molecule has 4 rings (SSSR count). The standard InChI is InChI=1S/C26H27Cl/c1-25(2)14-15-26(3,4)24-16-19(10-13-23(24)25)21-12-11-20(27)17-22(21)18-8-6-5-7-9-18/h5-13,16-17H,14-15H2,1-4H3. The summed E-state index contributed by atoms with van der Waals surface area (Å²) in [6.45, 7) is 9.51. The Kier molecular flexibility index (Phi) is 4.43. The van der Waals surface area contributed by atoms with Gasteiger partial charge in [0.15, 0.2) is 0 Å². The summed E-state index contributed by atoms with van der Waals surface area (Å²) < 4.78 is 0. The molecule has 0 aliphatic heterocycles. The molecule has 0 unspecified atom stereocenters. The van der Waals surface area contributed by atoms with E-state index in [9.17, 15) is 0 Å². The van der Waals surface area contributed by atoms with Gasteiger partial charge in [-0.1, -0.05) is 93.9 Å². The third-order valence-corrected chi connectivity index (χ3v) is 6.47. The third-order valence-electron chi connectivity index (χ3n) is 6.23. The molecule has 0 N–H and O–H groups in total. The van der Waals surface area contributed by atoms with Crippen LogP contribution in [0.5, 0.6) is 0 Å². The molecule has 27 heavy (non-hydrogen) atoms. The lowest BCUT2D eigenvalue weighted by Crippen LogP contribution is -2.33. The Hall–Kier alpha value is -2.05. The van der Waals surface area contributed by atoms with Crippen molar-refractivity contribution in [1.29, 1.82) is 0 Å². The molecule has 0 atom stereocenters. The Labute approximate surface area is 168 Å². The second-order valence-corrected chi connectivity index (χ2v) is 9.52. The lowest BCUT2D eigenvalue weighted by molar-refractivity contribution is 0.332. The van der Waals surface area contributed by atoms with E-state index in [-0.39, 0.29) is 10.8 Å². The van der Waals surface area contributed by atoms with Crippen LogP contribution in [-0.2, 0) is 10.8 Å². The zero-order chi connectivity index (χ0) is 19.2. The van der Waals surface area contributed by atoms with Crippen LogP contribution in [0, 0.1) is 0 Å². The van der Waals surface area contributed by atoms with Crippen LogP contribution in [0.25, 0.3) is 22.3 Å². The highest BCUT2D eigenvalue weighted by molar-refractivity contribution is 6.31. The number of rotatable bonds is 2. The molecule has 0 saturated carbocycles. The third kappa shape index (κ3) is 3.32. The minimum Gasteiger partial charge on any atom is -0.0843 e. The predicted molar refractivity (Wildman–Crippen MR) is 118 cm³/mol. The van der Waals surface area contributed by atoms with Gasteiger partial charge in [0.05, 0.1) is 0 Å². The van der Waals surface area contributed by atoms with E-state index in [0.29, 0.717) is 0 Å². The summed E-state index contributed by atoms with van der Waals surface area (Å²) in [5, 5.41) is 0.775. The molecule has 1 aliphatic carbocycles. The Morgan fingerprint density at radius 2 is 1.30 bits per heavy atom. The molecule has 0 fully saturated rings. The van der Waals surface area contributed by atoms with Crippen molar-refractivity contribution < 1.29 is 0 Å². The van der Waals surface area contributed by atoms with Gasteiger partial charge in [-0.3, -0.25) is 0 Å². The van der Waals surface area contributed by atoms with Crippen LogP contribution in [0.4, 0.5) is 0 Å². The van der Waals surface area contributed by atoms with Gasteiger partial charge in [-0.25, -0.2) is 0 Å². The molecule has 138 valence electrons. The molecular weight excluding hydrogens is 348 g/mol. The maximum atomic E-state index is 6.35. The summed E-state index contributed by atoms with van der Waals surface area (Å²) in [7, 11) is 0. The van der Waals surface area contributed by atoms with Gasteiger partial charge in [-0.05, 0) is 69.2 Å². The molecule has 0 aromatic heterocycles. The molecule has 0 nitrogen and oxygen atoms in total. The first-order valence-corrected chi connectivity index (χ1v) is 10.2. The molecule has 0 spiro atoms. The van der Waals surface area contributed by atoms with Gasteiger partial charge in [-0.2, -0.15) is 0 Å². The lowest BCUT2D eigenvalue weighted by atomic mass is 9.63. The van der Waals surface area contributed by atoms with Crippen molar-refractivity contribution in [2.75, 3.05) is 0 Å². The Balaban J connectivity index is 1.92. The van der Waals surface area contributed by atoms with Crippen LogP contribution in [0.1, 0.15) is 51.7 Å². The molecule has 0 amide bonds. The van der Waals surface area contributed by atoms with Crippen molar-refractivity contribution >= 4 is 11.6 Å². The van der Waals surface area contributed by atoms with E-state index in [2.05, 4.69) is 88.4 Å². The molecule has 3 aromatic carbocycles. The van der Waals surface area contributed by atoms with Gasteiger partial charge in [0.25, 0.3) is 0 Å². The molecule has 1 aliphatic rings. The van der Waals surface area contributed by atoms with Crippen molar-refractivity contribution in [1.82, 2.24) is 0 Å². The van der Waals surface area contributed by atoms with E-state index < -0.39 is 0 Å². The summed E-state index contributed by atoms with van der Waals surface area (Å²) in [5.74, 6) is 0. The van der Waals surface area contributed by atoms with Crippen molar-refractivity contribution in [3.05, 3.63) is 82.9 Å². The molecule has 1 heteroatoms. The number of fused-ring (bicyclic) bond motifs is 1. The van der Waals surface area contributed by atoms with E-state index in [0.717, 1.165) is 5.02 Å². The average molecular weight is 375 g/mol. The summed E-state index contributed by atoms with van der Waals surface area (Å²) in [6.07, 6.45) is 2.46. The Morgan fingerprint density at radius 3 is 2.00 bits per heavy atom. The van der Waals surface area contributed by atoms with E-state index in [4.69, 9.17) is 11.6 Å². The van der Waals surface area contributed by atoms with Crippen LogP contribution >= 0.6 is 11.6 Å². The SMILES string of the molecule is CC1(C)CCC(C)(C)c2cc(-c3ccc(Cl)cc3-c3ccccc3)ccc21. The van der Waals surface area contributed by atoms with Crippen molar-refractivity contribution in [2.24, 2.45) is 0 Å². The van der Waals surface area contributed by atoms with Gasteiger partial charge < -0.3 is 0 Å². The minimum absolute atomic E-state index is 0.209. The quantitative estimate of drug-likeness (QED) is 0.426. The van der Waals surface area contributed by atoms with Gasteiger partial charge in [-0.15, -0.1) is 0 Å². The lowest BCUT2D eigenvalue weighted by Gasteiger charge is -2.42. The van der Waals surface area contributed by atoms with Crippen molar-refractivity contribution in [3.63, 3.8) is 0 Å². The average Bonchev–Trinajstić information content (AvgIpc) is 2.66. The molecule has 3 aromatic rings. The van der Waals surface area contributed by atoms with Crippen molar-refractivity contribution in [3.8, 4) is 22.3 Å². The first-order chi connectivity index (χ1) is 12.8. The Bertz CT molecular complexity index is 980. The summed E-state index contributed by atoms with van der Waals surface area (Å²) in [5.41, 5.74) is 8.35. The number of halogens is 1. The normalized spacial score (nSPS) is 17.4. The van der Waals surface area contributed by atoms with Crippen LogP contribution in [0.3, 0.4) is 0 Å². The monoisotopic (exact) mass is 374 g/mol. The highest BCUT2D eigenvalue weighted by atomic mass is 35.5. The van der Waals surface area contributed by atoms with Gasteiger partial charge in [0, 0.05) is 5.02 Å². The van der Waals surface area contributed by atoms with E-state index in [1.807, 2.05) is 6.07 Å².